The molecule has 1 aromatic carbocycles. The van der Waals surface area contributed by atoms with Gasteiger partial charge in [-0.25, -0.2) is 5.53 Å². The van der Waals surface area contributed by atoms with Crippen LogP contribution in [-0.4, -0.2) is 47.7 Å². The van der Waals surface area contributed by atoms with Gasteiger partial charge in [0.2, 0.25) is 11.8 Å². The molecule has 0 bridgehead atoms. The minimum Gasteiger partial charge on any atom is -0.384 e. The quantitative estimate of drug-likeness (QED) is 0.292. The molecule has 9 nitrogen and oxygen atoms in total. The number of carbonyl (C=O) groups is 4. The van der Waals surface area contributed by atoms with Gasteiger partial charge in [-0.3, -0.25) is 29.4 Å². The molecule has 3 N–H and O–H groups in total. The highest BCUT2D eigenvalue weighted by atomic mass is 16.2. The highest BCUT2D eigenvalue weighted by molar-refractivity contribution is 6.25. The van der Waals surface area contributed by atoms with Crippen LogP contribution in [0.4, 0.5) is 5.69 Å². The van der Waals surface area contributed by atoms with E-state index in [2.05, 4.69) is 15.7 Å². The van der Waals surface area contributed by atoms with Gasteiger partial charge >= 0.3 is 0 Å². The summed E-state index contributed by atoms with van der Waals surface area (Å²) < 4.78 is 0. The maximum absolute atomic E-state index is 13.0. The van der Waals surface area contributed by atoms with E-state index in [9.17, 15) is 19.2 Å². The summed E-state index contributed by atoms with van der Waals surface area (Å²) in [6.45, 7) is 1.28. The van der Waals surface area contributed by atoms with Gasteiger partial charge in [0.05, 0.1) is 17.7 Å². The van der Waals surface area contributed by atoms with Crippen LogP contribution in [0, 0.1) is 5.53 Å². The van der Waals surface area contributed by atoms with E-state index in [0.29, 0.717) is 24.3 Å². The zero-order chi connectivity index (χ0) is 21.5. The van der Waals surface area contributed by atoms with Crippen molar-refractivity contribution in [1.82, 2.24) is 10.2 Å². The predicted octanol–water partition coefficient (Wildman–Crippen LogP) is 2.87. The Morgan fingerprint density at radius 3 is 2.50 bits per heavy atom. The molecule has 0 spiro atoms. The van der Waals surface area contributed by atoms with Crippen LogP contribution >= 0.6 is 0 Å². The highest BCUT2D eigenvalue weighted by Gasteiger charge is 2.45. The second-order valence-corrected chi connectivity index (χ2v) is 7.61. The molecule has 4 amide bonds. The van der Waals surface area contributed by atoms with Gasteiger partial charge in [0.1, 0.15) is 6.04 Å². The lowest BCUT2D eigenvalue weighted by molar-refractivity contribution is -0.136. The Hall–Kier alpha value is -3.10. The van der Waals surface area contributed by atoms with Crippen molar-refractivity contribution >= 4 is 29.3 Å². The topological polar surface area (TPSA) is 132 Å². The van der Waals surface area contributed by atoms with E-state index in [4.69, 9.17) is 5.53 Å². The fourth-order valence-electron chi connectivity index (χ4n) is 3.91. The van der Waals surface area contributed by atoms with Crippen molar-refractivity contribution in [2.24, 2.45) is 5.11 Å². The number of unbranched alkanes of at least 4 members (excludes halogenated alkanes) is 5. The zero-order valence-corrected chi connectivity index (χ0v) is 16.9. The molecule has 0 saturated carbocycles. The summed E-state index contributed by atoms with van der Waals surface area (Å²) in [6.07, 6.45) is 6.49. The smallest absolute Gasteiger partial charge is 0.264 e. The molecule has 1 aromatic rings. The number of rotatable bonds is 11. The maximum Gasteiger partial charge on any atom is 0.264 e. The fourth-order valence-corrected chi connectivity index (χ4v) is 3.91. The SMILES string of the molecule is N=NCCCCCCCCNc1cccc2c1C(=O)N(C1CCC(=O)NC1=O)C2=O. The molecule has 0 aliphatic carbocycles. The molecular formula is C21H27N5O4. The number of carbonyl (C=O) groups excluding carboxylic acids is 4. The number of piperidine rings is 1. The van der Waals surface area contributed by atoms with E-state index in [1.165, 1.54) is 0 Å². The van der Waals surface area contributed by atoms with Gasteiger partial charge in [-0.05, 0) is 31.4 Å². The second-order valence-electron chi connectivity index (χ2n) is 7.61. The van der Waals surface area contributed by atoms with Crippen LogP contribution in [0.5, 0.6) is 0 Å². The largest absolute Gasteiger partial charge is 0.384 e. The number of imide groups is 2. The van der Waals surface area contributed by atoms with Gasteiger partial charge in [0.15, 0.2) is 0 Å². The van der Waals surface area contributed by atoms with Crippen molar-refractivity contribution in [1.29, 1.82) is 5.53 Å². The molecule has 160 valence electrons. The normalized spacial score (nSPS) is 18.4. The molecule has 2 aliphatic rings. The predicted molar refractivity (Wildman–Crippen MR) is 109 cm³/mol. The average molecular weight is 413 g/mol. The number of benzene rings is 1. The molecule has 0 radical (unpaired) electrons. The van der Waals surface area contributed by atoms with Crippen molar-refractivity contribution in [3.63, 3.8) is 0 Å². The number of hydrogen-bond acceptors (Lipinski definition) is 7. The number of nitrogens with zero attached hydrogens (tertiary/aromatic N) is 2. The summed E-state index contributed by atoms with van der Waals surface area (Å²) in [5, 5.41) is 8.81. The molecule has 2 aliphatic heterocycles. The van der Waals surface area contributed by atoms with Crippen LogP contribution in [0.1, 0.15) is 72.1 Å². The number of fused-ring (bicyclic) bond motifs is 1. The lowest BCUT2D eigenvalue weighted by atomic mass is 10.0. The summed E-state index contributed by atoms with van der Waals surface area (Å²) in [5.74, 6) is -1.98. The lowest BCUT2D eigenvalue weighted by Crippen LogP contribution is -2.54. The van der Waals surface area contributed by atoms with E-state index in [1.54, 1.807) is 18.2 Å². The van der Waals surface area contributed by atoms with Gasteiger partial charge in [-0.1, -0.05) is 31.7 Å². The summed E-state index contributed by atoms with van der Waals surface area (Å²) in [7, 11) is 0. The molecule has 1 fully saturated rings. The van der Waals surface area contributed by atoms with E-state index < -0.39 is 23.8 Å². The van der Waals surface area contributed by atoms with Crippen LogP contribution in [0.15, 0.2) is 23.3 Å². The second kappa shape index (κ2) is 10.1. The Labute approximate surface area is 175 Å². The van der Waals surface area contributed by atoms with Crippen LogP contribution in [0.2, 0.25) is 0 Å². The molecule has 1 unspecified atom stereocenters. The van der Waals surface area contributed by atoms with E-state index in [-0.39, 0.29) is 24.3 Å². The summed E-state index contributed by atoms with van der Waals surface area (Å²) >= 11 is 0. The lowest BCUT2D eigenvalue weighted by Gasteiger charge is -2.27. The Kier molecular flexibility index (Phi) is 7.26. The van der Waals surface area contributed by atoms with E-state index in [0.717, 1.165) is 43.4 Å². The number of amides is 4. The molecule has 0 aromatic heterocycles. The number of nitrogens with one attached hydrogen (secondary N) is 3. The van der Waals surface area contributed by atoms with Gasteiger partial charge in [0, 0.05) is 18.7 Å². The van der Waals surface area contributed by atoms with Gasteiger partial charge in [0.25, 0.3) is 11.8 Å². The van der Waals surface area contributed by atoms with Crippen molar-refractivity contribution < 1.29 is 19.2 Å². The Morgan fingerprint density at radius 2 is 1.77 bits per heavy atom. The van der Waals surface area contributed by atoms with Crippen LogP contribution < -0.4 is 10.6 Å². The summed E-state index contributed by atoms with van der Waals surface area (Å²) in [5.41, 5.74) is 7.94. The molecular weight excluding hydrogens is 386 g/mol. The highest BCUT2D eigenvalue weighted by Crippen LogP contribution is 2.32. The fraction of sp³-hybridized carbons (Fsp3) is 0.524. The average Bonchev–Trinajstić information content (AvgIpc) is 2.98. The minimum absolute atomic E-state index is 0.104. The van der Waals surface area contributed by atoms with E-state index >= 15 is 0 Å². The Morgan fingerprint density at radius 1 is 1.03 bits per heavy atom. The van der Waals surface area contributed by atoms with Crippen LogP contribution in [0.3, 0.4) is 0 Å². The monoisotopic (exact) mass is 413 g/mol. The minimum atomic E-state index is -0.953. The first-order valence-electron chi connectivity index (χ1n) is 10.5. The van der Waals surface area contributed by atoms with Gasteiger partial charge < -0.3 is 5.32 Å². The van der Waals surface area contributed by atoms with Crippen molar-refractivity contribution in [3.05, 3.63) is 29.3 Å². The number of anilines is 1. The standard InChI is InChI=1S/C21H27N5O4/c22-24-13-6-4-2-1-3-5-12-23-15-9-7-8-14-18(15)21(30)26(20(14)29)16-10-11-17(27)25-19(16)28/h7-9,16,22-23H,1-6,10-13H2,(H,25,27,28). The molecule has 9 heteroatoms. The summed E-state index contributed by atoms with van der Waals surface area (Å²) in [4.78, 5) is 50.3. The Bertz CT molecular complexity index is 854. The third-order valence-corrected chi connectivity index (χ3v) is 5.48. The van der Waals surface area contributed by atoms with Crippen molar-refractivity contribution in [3.8, 4) is 0 Å². The molecule has 1 saturated heterocycles. The van der Waals surface area contributed by atoms with Gasteiger partial charge in [-0.2, -0.15) is 5.11 Å². The third kappa shape index (κ3) is 4.72. The summed E-state index contributed by atoms with van der Waals surface area (Å²) in [6, 6.07) is 4.13. The van der Waals surface area contributed by atoms with Crippen molar-refractivity contribution in [2.75, 3.05) is 18.4 Å². The maximum atomic E-state index is 13.0. The third-order valence-electron chi connectivity index (χ3n) is 5.48. The van der Waals surface area contributed by atoms with Crippen LogP contribution in [-0.2, 0) is 9.59 Å². The number of hydrogen-bond donors (Lipinski definition) is 3. The van der Waals surface area contributed by atoms with Crippen LogP contribution in [0.25, 0.3) is 0 Å². The van der Waals surface area contributed by atoms with E-state index in [1.807, 2.05) is 0 Å². The first-order valence-corrected chi connectivity index (χ1v) is 10.5. The molecule has 1 atom stereocenters. The van der Waals surface area contributed by atoms with Crippen molar-refractivity contribution in [2.45, 2.75) is 57.4 Å². The molecule has 2 heterocycles. The first-order chi connectivity index (χ1) is 14.5. The zero-order valence-electron chi connectivity index (χ0n) is 16.9. The first kappa shape index (κ1) is 21.6. The molecule has 30 heavy (non-hydrogen) atoms. The Balaban J connectivity index is 1.57. The van der Waals surface area contributed by atoms with Gasteiger partial charge in [-0.15, -0.1) is 0 Å². The molecule has 3 rings (SSSR count).